The van der Waals surface area contributed by atoms with Crippen molar-refractivity contribution >= 4 is 33.0 Å². The van der Waals surface area contributed by atoms with Gasteiger partial charge in [0.05, 0.1) is 22.4 Å². The van der Waals surface area contributed by atoms with Crippen LogP contribution in [0.4, 0.5) is 0 Å². The maximum Gasteiger partial charge on any atom is 0.121 e. The smallest absolute Gasteiger partial charge is 0.121 e. The summed E-state index contributed by atoms with van der Waals surface area (Å²) in [5.41, 5.74) is 12.1. The largest absolute Gasteiger partial charge is 0.501 e. The molecule has 4 nitrogen and oxygen atoms in total. The summed E-state index contributed by atoms with van der Waals surface area (Å²) in [5.74, 6) is 1.20. The van der Waals surface area contributed by atoms with Crippen molar-refractivity contribution in [2.24, 2.45) is 5.92 Å². The predicted molar refractivity (Wildman–Crippen MR) is 238 cm³/mol. The molecule has 6 aromatic carbocycles. The Kier molecular flexibility index (Phi) is 10.4. The first-order valence-corrected chi connectivity index (χ1v) is 19.7. The zero-order chi connectivity index (χ0) is 43.9. The molecule has 0 aliphatic rings. The number of para-hydroxylation sites is 3. The van der Waals surface area contributed by atoms with Crippen LogP contribution >= 0.6 is 0 Å². The molecule has 0 amide bonds. The monoisotopic (exact) mass is 941 g/mol. The summed E-state index contributed by atoms with van der Waals surface area (Å²) < 4.78 is 48.4. The van der Waals surface area contributed by atoms with Crippen LogP contribution in [-0.2, 0) is 26.5 Å². The van der Waals surface area contributed by atoms with Gasteiger partial charge < -0.3 is 14.0 Å². The molecule has 3 aromatic heterocycles. The van der Waals surface area contributed by atoms with E-state index in [9.17, 15) is 0 Å². The topological polar surface area (TPSA) is 43.9 Å². The number of fused-ring (bicyclic) bond motifs is 4. The minimum Gasteiger partial charge on any atom is -0.501 e. The first-order chi connectivity index (χ1) is 29.6. The van der Waals surface area contributed by atoms with Gasteiger partial charge in [-0.1, -0.05) is 137 Å². The molecule has 3 heterocycles. The molecule has 9 rings (SSSR count). The first-order valence-electron chi connectivity index (χ1n) is 22.2. The summed E-state index contributed by atoms with van der Waals surface area (Å²) in [4.78, 5) is 9.41. The summed E-state index contributed by atoms with van der Waals surface area (Å²) in [6.07, 6.45) is -0.491. The number of rotatable bonds is 8. The third kappa shape index (κ3) is 8.07. The van der Waals surface area contributed by atoms with Gasteiger partial charge in [-0.25, -0.2) is 0 Å². The van der Waals surface area contributed by atoms with Crippen molar-refractivity contribution in [3.63, 3.8) is 0 Å². The van der Waals surface area contributed by atoms with E-state index in [1.807, 2.05) is 30.3 Å². The van der Waals surface area contributed by atoms with Gasteiger partial charge in [0.2, 0.25) is 0 Å². The van der Waals surface area contributed by atoms with Gasteiger partial charge in [0.25, 0.3) is 0 Å². The molecule has 0 saturated carbocycles. The number of hydrogen-bond donors (Lipinski definition) is 0. The molecular formula is C53H49IrN3O-2. The fourth-order valence-corrected chi connectivity index (χ4v) is 7.49. The molecule has 0 unspecified atom stereocenters. The van der Waals surface area contributed by atoms with Gasteiger partial charge in [0.15, 0.2) is 0 Å². The van der Waals surface area contributed by atoms with Crippen molar-refractivity contribution < 1.29 is 31.4 Å². The van der Waals surface area contributed by atoms with E-state index < -0.39 is 13.2 Å². The van der Waals surface area contributed by atoms with Gasteiger partial charge in [0.1, 0.15) is 5.58 Å². The van der Waals surface area contributed by atoms with E-state index >= 15 is 0 Å². The minimum atomic E-state index is -2.40. The molecule has 0 aliphatic heterocycles. The van der Waals surface area contributed by atoms with Crippen molar-refractivity contribution in [1.29, 1.82) is 0 Å². The Labute approximate surface area is 363 Å². The second-order valence-electron chi connectivity index (χ2n) is 15.3. The molecule has 0 atom stereocenters. The Bertz CT molecular complexity index is 3000. The van der Waals surface area contributed by atoms with E-state index in [0.717, 1.165) is 49.9 Å². The molecule has 0 aliphatic carbocycles. The van der Waals surface area contributed by atoms with Gasteiger partial charge in [-0.3, -0.25) is 4.98 Å². The Balaban J connectivity index is 0.000000221. The number of hydrogen-bond acceptors (Lipinski definition) is 3. The fourth-order valence-electron chi connectivity index (χ4n) is 7.49. The van der Waals surface area contributed by atoms with Crippen LogP contribution in [0, 0.1) is 24.9 Å². The van der Waals surface area contributed by atoms with Gasteiger partial charge in [-0.15, -0.1) is 54.1 Å². The van der Waals surface area contributed by atoms with E-state index in [0.29, 0.717) is 23.1 Å². The zero-order valence-electron chi connectivity index (χ0n) is 38.6. The molecule has 0 saturated heterocycles. The molecule has 293 valence electrons. The van der Waals surface area contributed by atoms with Gasteiger partial charge >= 0.3 is 0 Å². The molecule has 1 radical (unpaired) electrons. The van der Waals surface area contributed by atoms with Crippen molar-refractivity contribution in [1.82, 2.24) is 14.5 Å². The third-order valence-electron chi connectivity index (χ3n) is 10.2. The van der Waals surface area contributed by atoms with Crippen molar-refractivity contribution in [3.8, 4) is 39.5 Å². The molecule has 0 N–H and O–H groups in total. The molecule has 0 fully saturated rings. The van der Waals surface area contributed by atoms with Crippen LogP contribution in [0.2, 0.25) is 0 Å². The Morgan fingerprint density at radius 3 is 2.17 bits per heavy atom. The van der Waals surface area contributed by atoms with Crippen LogP contribution < -0.4 is 0 Å². The summed E-state index contributed by atoms with van der Waals surface area (Å²) in [6, 6.07) is 51.4. The zero-order valence-corrected chi connectivity index (χ0v) is 36.0. The number of imidazole rings is 1. The SMILES string of the molecule is CC(C)c1cccc(C(C)C)c1-n1c(-c2[c-]ccc3c2oc2cc(-c4ccccc4)ccc23)nc2ccccc21.[2H]C([2H])([2H])c1cnc(-c2[c-]cccc2)cc1C([2H])([2H])C(C)C.[Ir]. The number of furan rings is 1. The molecule has 58 heavy (non-hydrogen) atoms. The average molecular weight is 941 g/mol. The van der Waals surface area contributed by atoms with Crippen LogP contribution in [0.15, 0.2) is 144 Å². The maximum absolute atomic E-state index is 8.28. The molecule has 0 spiro atoms. The number of aromatic nitrogens is 3. The Hall–Kier alpha value is -5.61. The van der Waals surface area contributed by atoms with Gasteiger partial charge in [-0.05, 0) is 82.7 Å². The fraction of sp³-hybridized carbons (Fsp3) is 0.208. The van der Waals surface area contributed by atoms with Crippen LogP contribution in [0.1, 0.15) is 82.5 Å². The quantitative estimate of drug-likeness (QED) is 0.143. The normalized spacial score (nSPS) is 13.2. The first kappa shape index (κ1) is 34.4. The second-order valence-corrected chi connectivity index (χ2v) is 15.3. The summed E-state index contributed by atoms with van der Waals surface area (Å²) >= 11 is 0. The molecule has 9 aromatic rings. The number of nitrogens with zero attached hydrogens (tertiary/aromatic N) is 3. The number of pyridine rings is 1. The van der Waals surface area contributed by atoms with Crippen molar-refractivity contribution in [2.45, 2.75) is 66.6 Å². The van der Waals surface area contributed by atoms with E-state index in [1.54, 1.807) is 19.9 Å². The van der Waals surface area contributed by atoms with Crippen molar-refractivity contribution in [2.75, 3.05) is 0 Å². The summed E-state index contributed by atoms with van der Waals surface area (Å²) in [7, 11) is 0. The molecule has 5 heteroatoms. The Morgan fingerprint density at radius 1 is 0.724 bits per heavy atom. The van der Waals surface area contributed by atoms with Crippen LogP contribution in [0.5, 0.6) is 0 Å². The summed E-state index contributed by atoms with van der Waals surface area (Å²) in [6.45, 7) is 10.1. The van der Waals surface area contributed by atoms with E-state index in [1.165, 1.54) is 34.6 Å². The third-order valence-corrected chi connectivity index (χ3v) is 10.2. The van der Waals surface area contributed by atoms with E-state index in [4.69, 9.17) is 16.3 Å². The van der Waals surface area contributed by atoms with E-state index in [2.05, 4.69) is 140 Å². The summed E-state index contributed by atoms with van der Waals surface area (Å²) in [5, 5.41) is 2.17. The van der Waals surface area contributed by atoms with Crippen LogP contribution in [0.25, 0.3) is 72.4 Å². The number of benzene rings is 6. The van der Waals surface area contributed by atoms with Crippen LogP contribution in [0.3, 0.4) is 0 Å². The Morgan fingerprint density at radius 2 is 1.47 bits per heavy atom. The molecule has 0 bridgehead atoms. The van der Waals surface area contributed by atoms with Crippen LogP contribution in [-0.4, -0.2) is 14.5 Å². The maximum atomic E-state index is 8.28. The standard InChI is InChI=1S/C37H31N2O.C16H18N.Ir/c1-23(2)27-14-10-15-28(24(3)4)35(27)39-33-19-9-8-18-32(33)38-37(39)31-17-11-16-30-29-21-20-26(22-34(29)40-36(30)31)25-12-6-5-7-13-25;1-12(2)9-15-10-16(17-11-13(15)3)14-7-5-4-6-8-14;/h5-16,18-24H,1-4H3;4-7,10-12H,9H2,1-3H3;/q2*-1;/i;3D3,9D2;. The average Bonchev–Trinajstić information content (AvgIpc) is 3.84. The number of aryl methyl sites for hydroxylation is 1. The predicted octanol–water partition coefficient (Wildman–Crippen LogP) is 14.4. The van der Waals surface area contributed by atoms with E-state index in [-0.39, 0.29) is 37.2 Å². The molecular weight excluding hydrogens is 887 g/mol. The minimum absolute atomic E-state index is 0. The van der Waals surface area contributed by atoms with Gasteiger partial charge in [0, 0.05) is 44.2 Å². The van der Waals surface area contributed by atoms with Gasteiger partial charge in [-0.2, -0.15) is 0 Å². The van der Waals surface area contributed by atoms with Crippen molar-refractivity contribution in [3.05, 3.63) is 174 Å². The second kappa shape index (κ2) is 17.5.